The number of rotatable bonds is 5. The van der Waals surface area contributed by atoms with Gasteiger partial charge in [-0.1, -0.05) is 19.9 Å². The van der Waals surface area contributed by atoms with Gasteiger partial charge in [0.1, 0.15) is 5.52 Å². The number of nitrogens with zero attached hydrogens (tertiary/aromatic N) is 3. The second kappa shape index (κ2) is 6.61. The van der Waals surface area contributed by atoms with Crippen molar-refractivity contribution in [2.45, 2.75) is 26.9 Å². The molecule has 0 unspecified atom stereocenters. The minimum atomic E-state index is -0.293. The summed E-state index contributed by atoms with van der Waals surface area (Å²) >= 11 is 0. The molecule has 0 radical (unpaired) electrons. The lowest BCUT2D eigenvalue weighted by molar-refractivity contribution is 0.251. The predicted molar refractivity (Wildman–Crippen MR) is 91.3 cm³/mol. The van der Waals surface area contributed by atoms with Gasteiger partial charge in [-0.15, -0.1) is 0 Å². The molecule has 2 heterocycles. The lowest BCUT2D eigenvalue weighted by atomic mass is 10.2. The number of amides is 2. The SMILES string of the molecule is CC(C)Cn1cc(NC(=O)NCc2ccc3oc(N)nc3c2)cn1. The summed E-state index contributed by atoms with van der Waals surface area (Å²) in [6.45, 7) is 5.40. The van der Waals surface area contributed by atoms with E-state index < -0.39 is 0 Å². The Balaban J connectivity index is 1.55. The third kappa shape index (κ3) is 3.83. The van der Waals surface area contributed by atoms with Crippen LogP contribution in [0.5, 0.6) is 0 Å². The number of oxazole rings is 1. The molecule has 1 aromatic carbocycles. The second-order valence-corrected chi connectivity index (χ2v) is 6.01. The van der Waals surface area contributed by atoms with E-state index in [4.69, 9.17) is 10.2 Å². The van der Waals surface area contributed by atoms with Gasteiger partial charge in [0.05, 0.1) is 11.9 Å². The van der Waals surface area contributed by atoms with E-state index in [-0.39, 0.29) is 12.0 Å². The van der Waals surface area contributed by atoms with Crippen molar-refractivity contribution < 1.29 is 9.21 Å². The summed E-state index contributed by atoms with van der Waals surface area (Å²) in [5.41, 5.74) is 8.37. The van der Waals surface area contributed by atoms with Crippen molar-refractivity contribution in [3.05, 3.63) is 36.2 Å². The van der Waals surface area contributed by atoms with Crippen molar-refractivity contribution >= 4 is 28.8 Å². The monoisotopic (exact) mass is 328 g/mol. The van der Waals surface area contributed by atoms with E-state index in [0.717, 1.165) is 12.1 Å². The normalized spacial score (nSPS) is 11.1. The van der Waals surface area contributed by atoms with Gasteiger partial charge in [0.2, 0.25) is 0 Å². The van der Waals surface area contributed by atoms with E-state index in [1.807, 2.05) is 23.0 Å². The van der Waals surface area contributed by atoms with Gasteiger partial charge >= 0.3 is 6.03 Å². The lowest BCUT2D eigenvalue weighted by Crippen LogP contribution is -2.28. The van der Waals surface area contributed by atoms with Crippen LogP contribution in [-0.4, -0.2) is 20.8 Å². The molecular weight excluding hydrogens is 308 g/mol. The van der Waals surface area contributed by atoms with Crippen LogP contribution in [0.1, 0.15) is 19.4 Å². The Labute approximate surface area is 139 Å². The Hall–Kier alpha value is -3.03. The molecule has 0 aliphatic heterocycles. The fraction of sp³-hybridized carbons (Fsp3) is 0.312. The van der Waals surface area contributed by atoms with Crippen LogP contribution in [0.4, 0.5) is 16.5 Å². The highest BCUT2D eigenvalue weighted by molar-refractivity contribution is 5.88. The van der Waals surface area contributed by atoms with E-state index in [1.165, 1.54) is 0 Å². The Morgan fingerprint density at radius 2 is 2.25 bits per heavy atom. The molecule has 3 rings (SSSR count). The minimum Gasteiger partial charge on any atom is -0.424 e. The minimum absolute atomic E-state index is 0.131. The number of carbonyl (C=O) groups excluding carboxylic acids is 1. The standard InChI is InChI=1S/C16H20N6O2/c1-10(2)8-22-9-12(7-19-22)20-16(23)18-6-11-3-4-14-13(5-11)21-15(17)24-14/h3-5,7,9-10H,6,8H2,1-2H3,(H2,17,21)(H2,18,20,23). The van der Waals surface area contributed by atoms with E-state index in [2.05, 4.69) is 34.6 Å². The van der Waals surface area contributed by atoms with E-state index >= 15 is 0 Å². The Bertz CT molecular complexity index is 851. The Kier molecular flexibility index (Phi) is 4.37. The van der Waals surface area contributed by atoms with Crippen LogP contribution < -0.4 is 16.4 Å². The summed E-state index contributed by atoms with van der Waals surface area (Å²) in [5, 5.41) is 9.76. The molecule has 0 aliphatic carbocycles. The summed E-state index contributed by atoms with van der Waals surface area (Å²) in [7, 11) is 0. The molecule has 0 bridgehead atoms. The van der Waals surface area contributed by atoms with Gasteiger partial charge in [-0.05, 0) is 23.6 Å². The number of urea groups is 1. The highest BCUT2D eigenvalue weighted by Gasteiger charge is 2.07. The number of benzene rings is 1. The van der Waals surface area contributed by atoms with Crippen molar-refractivity contribution in [2.24, 2.45) is 5.92 Å². The average molecular weight is 328 g/mol. The zero-order chi connectivity index (χ0) is 17.1. The van der Waals surface area contributed by atoms with Gasteiger partial charge in [-0.3, -0.25) is 4.68 Å². The van der Waals surface area contributed by atoms with Crippen LogP contribution >= 0.6 is 0 Å². The van der Waals surface area contributed by atoms with Crippen LogP contribution in [0.25, 0.3) is 11.1 Å². The van der Waals surface area contributed by atoms with E-state index in [0.29, 0.717) is 29.2 Å². The maximum Gasteiger partial charge on any atom is 0.319 e. The van der Waals surface area contributed by atoms with Crippen molar-refractivity contribution in [2.75, 3.05) is 11.1 Å². The largest absolute Gasteiger partial charge is 0.424 e. The molecule has 24 heavy (non-hydrogen) atoms. The quantitative estimate of drug-likeness (QED) is 0.666. The van der Waals surface area contributed by atoms with Crippen LogP contribution in [-0.2, 0) is 13.1 Å². The first-order chi connectivity index (χ1) is 11.5. The molecule has 2 amide bonds. The highest BCUT2D eigenvalue weighted by Crippen LogP contribution is 2.18. The molecule has 4 N–H and O–H groups in total. The highest BCUT2D eigenvalue weighted by atomic mass is 16.4. The molecular formula is C16H20N6O2. The first-order valence-electron chi connectivity index (χ1n) is 7.72. The van der Waals surface area contributed by atoms with Crippen LogP contribution in [0.3, 0.4) is 0 Å². The summed E-state index contributed by atoms with van der Waals surface area (Å²) in [6.07, 6.45) is 3.44. The molecule has 0 aliphatic rings. The topological polar surface area (TPSA) is 111 Å². The van der Waals surface area contributed by atoms with Gasteiger partial charge in [-0.2, -0.15) is 10.1 Å². The smallest absolute Gasteiger partial charge is 0.319 e. The first kappa shape index (κ1) is 15.9. The number of carbonyl (C=O) groups is 1. The molecule has 0 atom stereocenters. The maximum atomic E-state index is 12.0. The number of hydrogen-bond donors (Lipinski definition) is 3. The van der Waals surface area contributed by atoms with E-state index in [9.17, 15) is 4.79 Å². The van der Waals surface area contributed by atoms with Gasteiger partial charge in [-0.25, -0.2) is 4.79 Å². The number of nitrogens with one attached hydrogen (secondary N) is 2. The van der Waals surface area contributed by atoms with Gasteiger partial charge in [0, 0.05) is 19.3 Å². The third-order valence-corrected chi connectivity index (χ3v) is 3.36. The fourth-order valence-electron chi connectivity index (χ4n) is 2.36. The molecule has 0 saturated heterocycles. The van der Waals surface area contributed by atoms with Crippen molar-refractivity contribution in [3.63, 3.8) is 0 Å². The second-order valence-electron chi connectivity index (χ2n) is 6.01. The van der Waals surface area contributed by atoms with Crippen molar-refractivity contribution in [3.8, 4) is 0 Å². The Morgan fingerprint density at radius 1 is 1.42 bits per heavy atom. The number of hydrogen-bond acceptors (Lipinski definition) is 5. The zero-order valence-electron chi connectivity index (χ0n) is 13.6. The lowest BCUT2D eigenvalue weighted by Gasteiger charge is -2.06. The molecule has 0 saturated carbocycles. The molecule has 8 nitrogen and oxygen atoms in total. The van der Waals surface area contributed by atoms with Crippen molar-refractivity contribution in [1.82, 2.24) is 20.1 Å². The van der Waals surface area contributed by atoms with Gasteiger partial charge in [0.15, 0.2) is 5.58 Å². The van der Waals surface area contributed by atoms with Crippen LogP contribution in [0, 0.1) is 5.92 Å². The van der Waals surface area contributed by atoms with Crippen LogP contribution in [0.2, 0.25) is 0 Å². The predicted octanol–water partition coefficient (Wildman–Crippen LogP) is 2.58. The first-order valence-corrected chi connectivity index (χ1v) is 7.72. The number of nitrogen functional groups attached to an aromatic ring is 1. The number of nitrogens with two attached hydrogens (primary N) is 1. The van der Waals surface area contributed by atoms with E-state index in [1.54, 1.807) is 12.3 Å². The number of aromatic nitrogens is 3. The molecule has 0 spiro atoms. The summed E-state index contributed by atoms with van der Waals surface area (Å²) in [6, 6.07) is 5.30. The average Bonchev–Trinajstić information content (AvgIpc) is 3.09. The number of fused-ring (bicyclic) bond motifs is 1. The molecule has 8 heteroatoms. The summed E-state index contributed by atoms with van der Waals surface area (Å²) in [5.74, 6) is 0.493. The zero-order valence-corrected chi connectivity index (χ0v) is 13.6. The molecule has 3 aromatic rings. The van der Waals surface area contributed by atoms with Gasteiger partial charge < -0.3 is 20.8 Å². The molecule has 0 fully saturated rings. The fourth-order valence-corrected chi connectivity index (χ4v) is 2.36. The maximum absolute atomic E-state index is 12.0. The summed E-state index contributed by atoms with van der Waals surface area (Å²) in [4.78, 5) is 16.0. The third-order valence-electron chi connectivity index (χ3n) is 3.36. The Morgan fingerprint density at radius 3 is 3.04 bits per heavy atom. The van der Waals surface area contributed by atoms with Gasteiger partial charge in [0.25, 0.3) is 6.01 Å². The van der Waals surface area contributed by atoms with Crippen molar-refractivity contribution in [1.29, 1.82) is 0 Å². The summed E-state index contributed by atoms with van der Waals surface area (Å²) < 4.78 is 7.02. The molecule has 2 aromatic heterocycles. The molecule has 126 valence electrons. The number of anilines is 2. The van der Waals surface area contributed by atoms with Crippen LogP contribution in [0.15, 0.2) is 35.0 Å².